The van der Waals surface area contributed by atoms with E-state index in [-0.39, 0.29) is 18.4 Å². The van der Waals surface area contributed by atoms with E-state index in [0.717, 1.165) is 4.90 Å². The fraction of sp³-hybridized carbons (Fsp3) is 0.500. The highest BCUT2D eigenvalue weighted by Gasteiger charge is 2.41. The van der Waals surface area contributed by atoms with Crippen LogP contribution in [-0.2, 0) is 6.54 Å². The zero-order valence-electron chi connectivity index (χ0n) is 8.22. The Labute approximate surface area is 85.7 Å². The van der Waals surface area contributed by atoms with E-state index in [0.29, 0.717) is 18.7 Å². The Morgan fingerprint density at radius 3 is 2.93 bits per heavy atom. The quantitative estimate of drug-likeness (QED) is 0.704. The van der Waals surface area contributed by atoms with Gasteiger partial charge in [-0.15, -0.1) is 0 Å². The first-order valence-electron chi connectivity index (χ1n) is 4.94. The first-order chi connectivity index (χ1) is 7.07. The van der Waals surface area contributed by atoms with Gasteiger partial charge in [-0.1, -0.05) is 0 Å². The monoisotopic (exact) mass is 215 g/mol. The number of alkyl halides is 2. The van der Waals surface area contributed by atoms with E-state index in [1.165, 1.54) is 6.07 Å². The second-order valence-corrected chi connectivity index (χ2v) is 3.99. The van der Waals surface area contributed by atoms with Crippen molar-refractivity contribution >= 4 is 0 Å². The lowest BCUT2D eigenvalue weighted by molar-refractivity contribution is -0.905. The van der Waals surface area contributed by atoms with Crippen molar-refractivity contribution in [1.82, 2.24) is 4.98 Å². The van der Waals surface area contributed by atoms with Crippen LogP contribution < -0.4 is 10.3 Å². The van der Waals surface area contributed by atoms with E-state index in [1.807, 2.05) is 0 Å². The molecule has 0 amide bonds. The summed E-state index contributed by atoms with van der Waals surface area (Å²) in [4.78, 5) is 14.9. The largest absolute Gasteiger partial charge is 0.367 e. The molecule has 1 aromatic rings. The van der Waals surface area contributed by atoms with Crippen LogP contribution in [0.5, 0.6) is 0 Å². The van der Waals surface area contributed by atoms with Crippen LogP contribution in [0.4, 0.5) is 8.78 Å². The molecule has 1 aliphatic heterocycles. The van der Waals surface area contributed by atoms with Gasteiger partial charge in [-0.05, 0) is 0 Å². The van der Waals surface area contributed by atoms with Crippen LogP contribution in [0.3, 0.4) is 0 Å². The predicted molar refractivity (Wildman–Crippen MR) is 51.0 cm³/mol. The van der Waals surface area contributed by atoms with E-state index in [2.05, 4.69) is 4.98 Å². The molecule has 1 aliphatic rings. The van der Waals surface area contributed by atoms with Crippen molar-refractivity contribution in [1.29, 1.82) is 0 Å². The highest BCUT2D eigenvalue weighted by Crippen LogP contribution is 2.17. The third kappa shape index (κ3) is 2.41. The van der Waals surface area contributed by atoms with Crippen LogP contribution in [0, 0.1) is 0 Å². The summed E-state index contributed by atoms with van der Waals surface area (Å²) in [6.45, 7) is 0.647. The van der Waals surface area contributed by atoms with Crippen LogP contribution in [-0.4, -0.2) is 24.0 Å². The summed E-state index contributed by atoms with van der Waals surface area (Å²) < 4.78 is 25.8. The number of hydrogen-bond donors (Lipinski definition) is 2. The van der Waals surface area contributed by atoms with Crippen LogP contribution in [0.2, 0.25) is 0 Å². The van der Waals surface area contributed by atoms with Crippen molar-refractivity contribution in [2.75, 3.05) is 13.1 Å². The van der Waals surface area contributed by atoms with Crippen molar-refractivity contribution in [3.63, 3.8) is 0 Å². The van der Waals surface area contributed by atoms with E-state index in [9.17, 15) is 13.6 Å². The molecule has 5 heteroatoms. The van der Waals surface area contributed by atoms with Gasteiger partial charge in [0.25, 0.3) is 0 Å². The maximum absolute atomic E-state index is 12.9. The summed E-state index contributed by atoms with van der Waals surface area (Å²) in [5.41, 5.74) is 0.488. The molecule has 1 atom stereocenters. The van der Waals surface area contributed by atoms with Crippen LogP contribution in [0.15, 0.2) is 23.3 Å². The van der Waals surface area contributed by atoms with E-state index < -0.39 is 5.92 Å². The average Bonchev–Trinajstić information content (AvgIpc) is 2.50. The van der Waals surface area contributed by atoms with Crippen molar-refractivity contribution in [3.8, 4) is 0 Å². The highest BCUT2D eigenvalue weighted by molar-refractivity contribution is 5.07. The Balaban J connectivity index is 2.05. The fourth-order valence-corrected chi connectivity index (χ4v) is 1.91. The molecule has 0 aromatic carbocycles. The molecule has 2 rings (SSSR count). The molecule has 1 unspecified atom stereocenters. The molecule has 2 heterocycles. The number of halogens is 2. The molecule has 0 aliphatic carbocycles. The van der Waals surface area contributed by atoms with Gasteiger partial charge >= 0.3 is 5.92 Å². The van der Waals surface area contributed by atoms with Crippen LogP contribution in [0.1, 0.15) is 12.0 Å². The highest BCUT2D eigenvalue weighted by atomic mass is 19.3. The molecular weight excluding hydrogens is 202 g/mol. The molecule has 0 radical (unpaired) electrons. The molecule has 0 spiro atoms. The topological polar surface area (TPSA) is 37.3 Å². The minimum atomic E-state index is -2.56. The molecule has 15 heavy (non-hydrogen) atoms. The summed E-state index contributed by atoms with van der Waals surface area (Å²) in [6.07, 6.45) is 3.05. The summed E-state index contributed by atoms with van der Waals surface area (Å²) in [7, 11) is 0. The normalized spacial score (nSPS) is 24.3. The third-order valence-corrected chi connectivity index (χ3v) is 2.70. The Morgan fingerprint density at radius 2 is 2.33 bits per heavy atom. The molecular formula is C10H13F2N2O+. The molecule has 0 bridgehead atoms. The first kappa shape index (κ1) is 10.3. The number of nitrogens with one attached hydrogen (secondary N) is 2. The number of quaternary nitrogens is 1. The van der Waals surface area contributed by atoms with Crippen molar-refractivity contribution in [2.45, 2.75) is 18.9 Å². The number of likely N-dealkylation sites (tertiary alicyclic amines) is 1. The molecule has 2 N–H and O–H groups in total. The van der Waals surface area contributed by atoms with Gasteiger partial charge in [0.15, 0.2) is 5.43 Å². The van der Waals surface area contributed by atoms with E-state index in [1.54, 1.807) is 12.4 Å². The molecule has 1 saturated heterocycles. The number of aromatic nitrogens is 1. The Kier molecular flexibility index (Phi) is 2.56. The number of aromatic amines is 1. The van der Waals surface area contributed by atoms with Crippen molar-refractivity contribution in [2.24, 2.45) is 0 Å². The summed E-state index contributed by atoms with van der Waals surface area (Å²) in [6, 6.07) is 1.42. The number of rotatable bonds is 2. The maximum Gasteiger partial charge on any atom is 0.300 e. The standard InChI is InChI=1S/C10H12F2N2O/c11-10(12)2-4-14(7-10)6-8-5-13-3-1-9(8)15/h1,3,5H,2,4,6-7H2,(H,13,15)/p+1. The fourth-order valence-electron chi connectivity index (χ4n) is 1.91. The Hall–Kier alpha value is -1.23. The second-order valence-electron chi connectivity index (χ2n) is 3.99. The number of pyridine rings is 1. The van der Waals surface area contributed by atoms with Crippen molar-refractivity contribution in [3.05, 3.63) is 34.2 Å². The number of hydrogen-bond acceptors (Lipinski definition) is 1. The first-order valence-corrected chi connectivity index (χ1v) is 4.94. The van der Waals surface area contributed by atoms with Gasteiger partial charge in [0.1, 0.15) is 13.1 Å². The zero-order valence-corrected chi connectivity index (χ0v) is 8.22. The Morgan fingerprint density at radius 1 is 1.53 bits per heavy atom. The minimum absolute atomic E-state index is 0.0763. The molecule has 82 valence electrons. The average molecular weight is 215 g/mol. The number of H-pyrrole nitrogens is 1. The third-order valence-electron chi connectivity index (χ3n) is 2.70. The lowest BCUT2D eigenvalue weighted by atomic mass is 10.2. The van der Waals surface area contributed by atoms with Crippen molar-refractivity contribution < 1.29 is 13.7 Å². The van der Waals surface area contributed by atoms with Gasteiger partial charge in [-0.2, -0.15) is 0 Å². The van der Waals surface area contributed by atoms with Crippen LogP contribution >= 0.6 is 0 Å². The van der Waals surface area contributed by atoms with Gasteiger partial charge < -0.3 is 9.88 Å². The lowest BCUT2D eigenvalue weighted by Crippen LogP contribution is -3.09. The van der Waals surface area contributed by atoms with Gasteiger partial charge in [0.05, 0.1) is 18.5 Å². The maximum atomic E-state index is 12.9. The van der Waals surface area contributed by atoms with Gasteiger partial charge in [-0.25, -0.2) is 8.78 Å². The second kappa shape index (κ2) is 3.73. The van der Waals surface area contributed by atoms with Gasteiger partial charge in [0, 0.05) is 18.5 Å². The lowest BCUT2D eigenvalue weighted by Gasteiger charge is -2.11. The summed E-state index contributed by atoms with van der Waals surface area (Å²) in [5, 5.41) is 0. The molecule has 1 aromatic heterocycles. The molecule has 0 saturated carbocycles. The van der Waals surface area contributed by atoms with E-state index in [4.69, 9.17) is 0 Å². The Bertz CT molecular complexity index is 402. The zero-order chi connectivity index (χ0) is 10.9. The molecule has 1 fully saturated rings. The van der Waals surface area contributed by atoms with Gasteiger partial charge in [0.2, 0.25) is 0 Å². The smallest absolute Gasteiger partial charge is 0.300 e. The van der Waals surface area contributed by atoms with Gasteiger partial charge in [-0.3, -0.25) is 4.79 Å². The minimum Gasteiger partial charge on any atom is -0.367 e. The SMILES string of the molecule is O=c1cc[nH]cc1C[NH+]1CCC(F)(F)C1. The van der Waals surface area contributed by atoms with E-state index >= 15 is 0 Å². The summed E-state index contributed by atoms with van der Waals surface area (Å²) >= 11 is 0. The molecule has 3 nitrogen and oxygen atoms in total. The summed E-state index contributed by atoms with van der Waals surface area (Å²) in [5.74, 6) is -2.56. The van der Waals surface area contributed by atoms with Crippen LogP contribution in [0.25, 0.3) is 0 Å². The predicted octanol–water partition coefficient (Wildman–Crippen LogP) is -0.201.